The van der Waals surface area contributed by atoms with Crippen molar-refractivity contribution in [3.05, 3.63) is 16.3 Å². The molecule has 0 radical (unpaired) electrons. The van der Waals surface area contributed by atoms with Gasteiger partial charge in [0.1, 0.15) is 0 Å². The average molecular weight is 291 g/mol. The van der Waals surface area contributed by atoms with Gasteiger partial charge >= 0.3 is 0 Å². The van der Waals surface area contributed by atoms with Crippen molar-refractivity contribution >= 4 is 21.4 Å². The quantitative estimate of drug-likeness (QED) is 0.903. The molecule has 1 aromatic heterocycles. The van der Waals surface area contributed by atoms with Crippen molar-refractivity contribution in [2.45, 2.75) is 31.0 Å². The standard InChI is InChI=1S/C11H17NO4S2/c1-9-6-12(3-2-4-16-9)18(14,15)11-5-10(7-13)17-8-11/h5,8-9,13H,2-4,6-7H2,1H3. The van der Waals surface area contributed by atoms with Crippen molar-refractivity contribution in [2.75, 3.05) is 19.7 Å². The molecular formula is C11H17NO4S2. The van der Waals surface area contributed by atoms with Gasteiger partial charge in [-0.3, -0.25) is 0 Å². The first-order chi connectivity index (χ1) is 8.54. The Balaban J connectivity index is 2.23. The van der Waals surface area contributed by atoms with Gasteiger partial charge in [0.25, 0.3) is 0 Å². The number of ether oxygens (including phenoxy) is 1. The van der Waals surface area contributed by atoms with Gasteiger partial charge in [-0.2, -0.15) is 4.31 Å². The fourth-order valence-corrected chi connectivity index (χ4v) is 4.58. The molecular weight excluding hydrogens is 274 g/mol. The summed E-state index contributed by atoms with van der Waals surface area (Å²) >= 11 is 1.26. The van der Waals surface area contributed by atoms with Gasteiger partial charge in [0.05, 0.1) is 17.6 Å². The molecule has 1 aliphatic heterocycles. The normalized spacial score (nSPS) is 22.9. The van der Waals surface area contributed by atoms with Crippen molar-refractivity contribution in [1.82, 2.24) is 4.31 Å². The number of aliphatic hydroxyl groups excluding tert-OH is 1. The lowest BCUT2D eigenvalue weighted by Gasteiger charge is -2.20. The summed E-state index contributed by atoms with van der Waals surface area (Å²) in [4.78, 5) is 0.929. The van der Waals surface area contributed by atoms with E-state index >= 15 is 0 Å². The van der Waals surface area contributed by atoms with Crippen molar-refractivity contribution in [3.63, 3.8) is 0 Å². The van der Waals surface area contributed by atoms with Crippen LogP contribution >= 0.6 is 11.3 Å². The van der Waals surface area contributed by atoms with E-state index in [-0.39, 0.29) is 17.6 Å². The summed E-state index contributed by atoms with van der Waals surface area (Å²) in [7, 11) is -3.45. The van der Waals surface area contributed by atoms with Crippen LogP contribution in [0.1, 0.15) is 18.2 Å². The van der Waals surface area contributed by atoms with Gasteiger partial charge in [0, 0.05) is 30.0 Å². The summed E-state index contributed by atoms with van der Waals surface area (Å²) < 4.78 is 31.7. The van der Waals surface area contributed by atoms with Crippen molar-refractivity contribution < 1.29 is 18.3 Å². The Kier molecular flexibility index (Phi) is 4.39. The average Bonchev–Trinajstić information content (AvgIpc) is 2.72. The van der Waals surface area contributed by atoms with Gasteiger partial charge in [-0.05, 0) is 19.4 Å². The van der Waals surface area contributed by atoms with E-state index < -0.39 is 10.0 Å². The highest BCUT2D eigenvalue weighted by Gasteiger charge is 2.28. The smallest absolute Gasteiger partial charge is 0.243 e. The molecule has 5 nitrogen and oxygen atoms in total. The molecule has 18 heavy (non-hydrogen) atoms. The van der Waals surface area contributed by atoms with Gasteiger partial charge in [-0.15, -0.1) is 11.3 Å². The van der Waals surface area contributed by atoms with Gasteiger partial charge in [0.15, 0.2) is 0 Å². The Morgan fingerprint density at radius 1 is 1.61 bits per heavy atom. The van der Waals surface area contributed by atoms with Crippen molar-refractivity contribution in [1.29, 1.82) is 0 Å². The lowest BCUT2D eigenvalue weighted by molar-refractivity contribution is 0.0752. The maximum Gasteiger partial charge on any atom is 0.243 e. The van der Waals surface area contributed by atoms with Crippen LogP contribution in [0.3, 0.4) is 0 Å². The SMILES string of the molecule is CC1CN(S(=O)(=O)c2csc(CO)c2)CCCO1. The van der Waals surface area contributed by atoms with Crippen LogP contribution < -0.4 is 0 Å². The van der Waals surface area contributed by atoms with Crippen LogP contribution in [0.2, 0.25) is 0 Å². The minimum absolute atomic E-state index is 0.0850. The molecule has 1 unspecified atom stereocenters. The number of hydrogen-bond acceptors (Lipinski definition) is 5. The van der Waals surface area contributed by atoms with Crippen molar-refractivity contribution in [3.8, 4) is 0 Å². The van der Waals surface area contributed by atoms with Crippen LogP contribution in [0.5, 0.6) is 0 Å². The zero-order chi connectivity index (χ0) is 13.2. The highest BCUT2D eigenvalue weighted by molar-refractivity contribution is 7.89. The summed E-state index contributed by atoms with van der Waals surface area (Å²) in [5.74, 6) is 0. The van der Waals surface area contributed by atoms with E-state index in [0.29, 0.717) is 31.0 Å². The summed E-state index contributed by atoms with van der Waals surface area (Å²) in [5, 5.41) is 10.6. The third kappa shape index (κ3) is 2.92. The summed E-state index contributed by atoms with van der Waals surface area (Å²) in [5.41, 5.74) is 0. The van der Waals surface area contributed by atoms with E-state index in [1.165, 1.54) is 21.7 Å². The first-order valence-electron chi connectivity index (χ1n) is 5.84. The second-order valence-corrected chi connectivity index (χ2v) is 7.24. The van der Waals surface area contributed by atoms with Gasteiger partial charge < -0.3 is 9.84 Å². The van der Waals surface area contributed by atoms with E-state index in [9.17, 15) is 8.42 Å². The third-order valence-electron chi connectivity index (χ3n) is 2.84. The number of aliphatic hydroxyl groups is 1. The Labute approximate surface area is 111 Å². The van der Waals surface area contributed by atoms with Crippen LogP contribution in [0, 0.1) is 0 Å². The third-order valence-corrected chi connectivity index (χ3v) is 5.75. The molecule has 0 bridgehead atoms. The Morgan fingerprint density at radius 2 is 2.39 bits per heavy atom. The lowest BCUT2D eigenvalue weighted by Crippen LogP contribution is -2.35. The van der Waals surface area contributed by atoms with E-state index in [2.05, 4.69) is 0 Å². The number of thiophene rings is 1. The highest BCUT2D eigenvalue weighted by Crippen LogP contribution is 2.24. The molecule has 102 valence electrons. The Bertz CT molecular complexity index is 497. The molecule has 0 aliphatic carbocycles. The predicted molar refractivity (Wildman–Crippen MR) is 69.0 cm³/mol. The molecule has 0 spiro atoms. The first-order valence-corrected chi connectivity index (χ1v) is 8.16. The molecule has 0 saturated carbocycles. The van der Waals surface area contributed by atoms with E-state index in [1.807, 2.05) is 6.92 Å². The predicted octanol–water partition coefficient (Wildman–Crippen LogP) is 1.04. The summed E-state index contributed by atoms with van der Waals surface area (Å²) in [6.07, 6.45) is 0.624. The van der Waals surface area contributed by atoms with Crippen LogP contribution in [0.4, 0.5) is 0 Å². The second-order valence-electron chi connectivity index (χ2n) is 4.30. The van der Waals surface area contributed by atoms with Crippen LogP contribution in [-0.2, 0) is 21.4 Å². The maximum absolute atomic E-state index is 12.4. The zero-order valence-corrected chi connectivity index (χ0v) is 11.8. The number of rotatable bonds is 3. The molecule has 1 atom stereocenters. The number of sulfonamides is 1. The molecule has 2 heterocycles. The van der Waals surface area contributed by atoms with E-state index in [1.54, 1.807) is 5.38 Å². The molecule has 1 aromatic rings. The topological polar surface area (TPSA) is 66.8 Å². The largest absolute Gasteiger partial charge is 0.391 e. The zero-order valence-electron chi connectivity index (χ0n) is 10.2. The Hall–Kier alpha value is -0.470. The highest BCUT2D eigenvalue weighted by atomic mass is 32.2. The molecule has 1 aliphatic rings. The molecule has 1 N–H and O–H groups in total. The molecule has 0 aromatic carbocycles. The van der Waals surface area contributed by atoms with E-state index in [4.69, 9.17) is 9.84 Å². The van der Waals surface area contributed by atoms with Crippen molar-refractivity contribution in [2.24, 2.45) is 0 Å². The lowest BCUT2D eigenvalue weighted by atomic mass is 10.4. The Morgan fingerprint density at radius 3 is 3.06 bits per heavy atom. The van der Waals surface area contributed by atoms with E-state index in [0.717, 1.165) is 0 Å². The monoisotopic (exact) mass is 291 g/mol. The molecule has 1 saturated heterocycles. The van der Waals surface area contributed by atoms with Crippen LogP contribution in [0.25, 0.3) is 0 Å². The van der Waals surface area contributed by atoms with Crippen LogP contribution in [0.15, 0.2) is 16.3 Å². The fraction of sp³-hybridized carbons (Fsp3) is 0.636. The van der Waals surface area contributed by atoms with Gasteiger partial charge in [-0.1, -0.05) is 0 Å². The maximum atomic E-state index is 12.4. The second kappa shape index (κ2) is 5.66. The van der Waals surface area contributed by atoms with Gasteiger partial charge in [0.2, 0.25) is 10.0 Å². The number of hydrogen-bond donors (Lipinski definition) is 1. The minimum atomic E-state index is -3.45. The number of nitrogens with zero attached hydrogens (tertiary/aromatic N) is 1. The van der Waals surface area contributed by atoms with Crippen LogP contribution in [-0.4, -0.2) is 43.6 Å². The summed E-state index contributed by atoms with van der Waals surface area (Å²) in [6, 6.07) is 1.54. The first kappa shape index (κ1) is 14.0. The molecule has 7 heteroatoms. The molecule has 2 rings (SSSR count). The molecule has 0 amide bonds. The van der Waals surface area contributed by atoms with Gasteiger partial charge in [-0.25, -0.2) is 8.42 Å². The summed E-state index contributed by atoms with van der Waals surface area (Å²) in [6.45, 7) is 3.21. The minimum Gasteiger partial charge on any atom is -0.391 e. The fourth-order valence-electron chi connectivity index (χ4n) is 1.90. The molecule has 1 fully saturated rings.